The maximum atomic E-state index is 13.1. The van der Waals surface area contributed by atoms with Crippen LogP contribution in [0.15, 0.2) is 72.8 Å². The van der Waals surface area contributed by atoms with Crippen molar-refractivity contribution >= 4 is 34.2 Å². The Hall–Kier alpha value is -2.45. The average Bonchev–Trinajstić information content (AvgIpc) is 2.74. The molecule has 1 saturated heterocycles. The highest BCUT2D eigenvalue weighted by Crippen LogP contribution is 2.46. The van der Waals surface area contributed by atoms with Gasteiger partial charge in [-0.15, -0.1) is 0 Å². The van der Waals surface area contributed by atoms with E-state index < -0.39 is 6.10 Å². The van der Waals surface area contributed by atoms with Crippen molar-refractivity contribution in [2.24, 2.45) is 5.92 Å². The number of aromatic hydroxyl groups is 1. The fourth-order valence-electron chi connectivity index (χ4n) is 3.96. The highest BCUT2D eigenvalue weighted by molar-refractivity contribution is 14.1. The highest BCUT2D eigenvalue weighted by atomic mass is 127. The molecule has 1 amide bonds. The summed E-state index contributed by atoms with van der Waals surface area (Å²) in [6.45, 7) is 0. The number of β-lactam (4-membered cyclic amide) rings is 1. The molecule has 4 rings (SSSR count). The summed E-state index contributed by atoms with van der Waals surface area (Å²) in [4.78, 5) is 14.8. The summed E-state index contributed by atoms with van der Waals surface area (Å²) >= 11 is 2.25. The van der Waals surface area contributed by atoms with Crippen LogP contribution in [-0.4, -0.2) is 16.1 Å². The minimum absolute atomic E-state index is 0.00412. The van der Waals surface area contributed by atoms with Gasteiger partial charge in [0.2, 0.25) is 5.91 Å². The summed E-state index contributed by atoms with van der Waals surface area (Å²) in [5.41, 5.74) is 2.41. The zero-order valence-corrected chi connectivity index (χ0v) is 18.2. The van der Waals surface area contributed by atoms with Crippen LogP contribution in [0.25, 0.3) is 0 Å². The summed E-state index contributed by atoms with van der Waals surface area (Å²) in [5.74, 6) is -0.454. The minimum Gasteiger partial charge on any atom is -0.508 e. The summed E-state index contributed by atoms with van der Waals surface area (Å²) < 4.78 is 14.2. The molecule has 0 aromatic heterocycles. The first kappa shape index (κ1) is 20.8. The lowest BCUT2D eigenvalue weighted by molar-refractivity contribution is -0.131. The number of rotatable bonds is 6. The number of anilines is 1. The summed E-state index contributed by atoms with van der Waals surface area (Å²) in [6, 6.07) is 20.3. The van der Waals surface area contributed by atoms with Crippen molar-refractivity contribution in [3.8, 4) is 5.75 Å². The Labute approximate surface area is 188 Å². The van der Waals surface area contributed by atoms with Gasteiger partial charge in [0.1, 0.15) is 11.6 Å². The van der Waals surface area contributed by atoms with Gasteiger partial charge < -0.3 is 15.1 Å². The second-order valence-corrected chi connectivity index (χ2v) is 8.72. The van der Waals surface area contributed by atoms with Gasteiger partial charge in [0.25, 0.3) is 0 Å². The van der Waals surface area contributed by atoms with Crippen molar-refractivity contribution < 1.29 is 19.4 Å². The second-order valence-electron chi connectivity index (χ2n) is 7.47. The molecule has 1 aliphatic heterocycles. The molecule has 3 aromatic rings. The molecule has 0 aliphatic carbocycles. The molecule has 1 aliphatic rings. The number of phenols is 1. The number of hydrogen-bond donors (Lipinski definition) is 2. The lowest BCUT2D eigenvalue weighted by Gasteiger charge is -2.48. The third kappa shape index (κ3) is 4.20. The number of phenolic OH excluding ortho intramolecular Hbond substituents is 1. The molecule has 4 nitrogen and oxygen atoms in total. The van der Waals surface area contributed by atoms with Crippen molar-refractivity contribution in [3.05, 3.63) is 93.3 Å². The molecule has 3 atom stereocenters. The van der Waals surface area contributed by atoms with Gasteiger partial charge in [-0.05, 0) is 95.1 Å². The normalized spacial score (nSPS) is 19.4. The van der Waals surface area contributed by atoms with Gasteiger partial charge in [-0.1, -0.05) is 24.3 Å². The van der Waals surface area contributed by atoms with Crippen molar-refractivity contribution in [1.82, 2.24) is 0 Å². The molecule has 6 heteroatoms. The van der Waals surface area contributed by atoms with Crippen molar-refractivity contribution in [2.75, 3.05) is 4.90 Å². The van der Waals surface area contributed by atoms with E-state index in [0.717, 1.165) is 14.8 Å². The predicted octanol–water partition coefficient (Wildman–Crippen LogP) is 5.35. The SMILES string of the molecule is O=C1C(CCC(O)c2ccc(F)cc2)C(c2ccc(I)cc2)N1c1ccc(O)cc1. The largest absolute Gasteiger partial charge is 0.508 e. The van der Waals surface area contributed by atoms with Gasteiger partial charge in [0, 0.05) is 9.26 Å². The van der Waals surface area contributed by atoms with Gasteiger partial charge in [0.15, 0.2) is 0 Å². The molecule has 3 unspecified atom stereocenters. The maximum Gasteiger partial charge on any atom is 0.233 e. The number of halogens is 2. The van der Waals surface area contributed by atoms with Crippen molar-refractivity contribution in [2.45, 2.75) is 25.0 Å². The van der Waals surface area contributed by atoms with Gasteiger partial charge in [-0.2, -0.15) is 0 Å². The third-order valence-corrected chi connectivity index (χ3v) is 6.28. The Kier molecular flexibility index (Phi) is 6.06. The molecular weight excluding hydrogens is 496 g/mol. The number of hydrogen-bond acceptors (Lipinski definition) is 3. The quantitative estimate of drug-likeness (QED) is 0.342. The van der Waals surface area contributed by atoms with Crippen LogP contribution in [-0.2, 0) is 4.79 Å². The fourth-order valence-corrected chi connectivity index (χ4v) is 4.32. The van der Waals surface area contributed by atoms with Crippen LogP contribution in [0.5, 0.6) is 5.75 Å². The molecule has 1 fully saturated rings. The minimum atomic E-state index is -0.751. The summed E-state index contributed by atoms with van der Waals surface area (Å²) in [5, 5.41) is 20.1. The van der Waals surface area contributed by atoms with Crippen LogP contribution < -0.4 is 4.90 Å². The Morgan fingerprint density at radius 2 is 1.60 bits per heavy atom. The number of amides is 1. The first-order valence-corrected chi connectivity index (χ1v) is 10.8. The molecule has 0 spiro atoms. The Balaban J connectivity index is 1.55. The van der Waals surface area contributed by atoms with E-state index in [4.69, 9.17) is 0 Å². The van der Waals surface area contributed by atoms with Crippen LogP contribution in [0.1, 0.15) is 36.1 Å². The van der Waals surface area contributed by atoms with Crippen LogP contribution >= 0.6 is 22.6 Å². The van der Waals surface area contributed by atoms with Gasteiger partial charge in [0.05, 0.1) is 18.1 Å². The Morgan fingerprint density at radius 1 is 0.967 bits per heavy atom. The Morgan fingerprint density at radius 3 is 2.23 bits per heavy atom. The molecule has 0 radical (unpaired) electrons. The fraction of sp³-hybridized carbons (Fsp3) is 0.208. The molecule has 3 aromatic carbocycles. The van der Waals surface area contributed by atoms with E-state index in [-0.39, 0.29) is 29.4 Å². The molecule has 2 N–H and O–H groups in total. The van der Waals surface area contributed by atoms with Gasteiger partial charge >= 0.3 is 0 Å². The lowest BCUT2D eigenvalue weighted by Crippen LogP contribution is -2.55. The topological polar surface area (TPSA) is 60.8 Å². The van der Waals surface area contributed by atoms with E-state index in [9.17, 15) is 19.4 Å². The molecule has 30 heavy (non-hydrogen) atoms. The summed E-state index contributed by atoms with van der Waals surface area (Å²) in [6.07, 6.45) is 0.174. The van der Waals surface area contributed by atoms with E-state index in [2.05, 4.69) is 22.6 Å². The van der Waals surface area contributed by atoms with E-state index in [0.29, 0.717) is 18.4 Å². The van der Waals surface area contributed by atoms with Crippen LogP contribution in [0.4, 0.5) is 10.1 Å². The number of carbonyl (C=O) groups is 1. The molecule has 0 bridgehead atoms. The number of benzene rings is 3. The number of nitrogens with zero attached hydrogens (tertiary/aromatic N) is 1. The maximum absolute atomic E-state index is 13.1. The first-order chi connectivity index (χ1) is 14.4. The van der Waals surface area contributed by atoms with Gasteiger partial charge in [-0.3, -0.25) is 4.79 Å². The lowest BCUT2D eigenvalue weighted by atomic mass is 9.78. The number of aliphatic hydroxyl groups excluding tert-OH is 1. The average molecular weight is 517 g/mol. The van der Waals surface area contributed by atoms with Gasteiger partial charge in [-0.25, -0.2) is 4.39 Å². The monoisotopic (exact) mass is 517 g/mol. The molecule has 0 saturated carbocycles. The zero-order valence-electron chi connectivity index (χ0n) is 16.1. The van der Waals surface area contributed by atoms with E-state index in [1.807, 2.05) is 24.3 Å². The van der Waals surface area contributed by atoms with Crippen LogP contribution in [0, 0.1) is 15.3 Å². The van der Waals surface area contributed by atoms with Crippen LogP contribution in [0.3, 0.4) is 0 Å². The van der Waals surface area contributed by atoms with Crippen molar-refractivity contribution in [3.63, 3.8) is 0 Å². The van der Waals surface area contributed by atoms with E-state index in [1.54, 1.807) is 41.3 Å². The van der Waals surface area contributed by atoms with E-state index in [1.165, 1.54) is 12.1 Å². The second kappa shape index (κ2) is 8.73. The highest BCUT2D eigenvalue weighted by Gasteiger charge is 2.48. The third-order valence-electron chi connectivity index (χ3n) is 5.56. The molecule has 1 heterocycles. The molecular formula is C24H21FINO3. The van der Waals surface area contributed by atoms with Crippen LogP contribution in [0.2, 0.25) is 0 Å². The predicted molar refractivity (Wildman–Crippen MR) is 122 cm³/mol. The number of aliphatic hydroxyl groups is 1. The standard InChI is InChI=1S/C24H21FINO3/c25-17-5-1-15(2-6-17)22(29)14-13-21-23(16-3-7-18(26)8-4-16)27(24(21)30)19-9-11-20(28)12-10-19/h1-12,21-23,28-29H,13-14H2. The number of carbonyl (C=O) groups excluding carboxylic acids is 1. The smallest absolute Gasteiger partial charge is 0.233 e. The van der Waals surface area contributed by atoms with E-state index >= 15 is 0 Å². The summed E-state index contributed by atoms with van der Waals surface area (Å²) in [7, 11) is 0. The first-order valence-electron chi connectivity index (χ1n) is 9.75. The van der Waals surface area contributed by atoms with Crippen molar-refractivity contribution in [1.29, 1.82) is 0 Å². The molecule has 154 valence electrons. The zero-order chi connectivity index (χ0) is 21.3. The Bertz CT molecular complexity index is 1020.